The van der Waals surface area contributed by atoms with Crippen molar-refractivity contribution in [2.75, 3.05) is 13.2 Å². The lowest BCUT2D eigenvalue weighted by molar-refractivity contribution is 0.0949. The molecule has 0 bridgehead atoms. The van der Waals surface area contributed by atoms with Gasteiger partial charge in [-0.25, -0.2) is 4.98 Å². The summed E-state index contributed by atoms with van der Waals surface area (Å²) >= 11 is 1.55. The second-order valence-electron chi connectivity index (χ2n) is 4.80. The number of aromatic nitrogens is 3. The summed E-state index contributed by atoms with van der Waals surface area (Å²) in [5.74, 6) is 0.136. The Balaban J connectivity index is 1.68. The number of hydrogen-bond donors (Lipinski definition) is 2. The summed E-state index contributed by atoms with van der Waals surface area (Å²) in [7, 11) is 0. The summed E-state index contributed by atoms with van der Waals surface area (Å²) in [4.78, 5) is 17.5. The Bertz CT molecular complexity index is 601. The van der Waals surface area contributed by atoms with Crippen LogP contribution in [-0.4, -0.2) is 34.3 Å². The first kappa shape index (κ1) is 13.3. The Morgan fingerprint density at radius 1 is 1.65 bits per heavy atom. The molecule has 0 aromatic carbocycles. The van der Waals surface area contributed by atoms with Gasteiger partial charge in [0, 0.05) is 17.4 Å². The predicted molar refractivity (Wildman–Crippen MR) is 74.8 cm³/mol. The number of thiazole rings is 1. The standard InChI is InChI=1S/C13H16N4O2S/c1-8-11(20-7-15-8)5-14-13(18)10-4-16-17-12(10)9-2-3-19-6-9/h4,7,9H,2-3,5-6H2,1H3,(H,14,18)(H,16,17). The van der Waals surface area contributed by atoms with Crippen molar-refractivity contribution < 1.29 is 9.53 Å². The lowest BCUT2D eigenvalue weighted by Crippen LogP contribution is -2.24. The zero-order valence-electron chi connectivity index (χ0n) is 11.2. The third kappa shape index (κ3) is 2.59. The first-order valence-corrected chi connectivity index (χ1v) is 7.42. The van der Waals surface area contributed by atoms with Crippen LogP contribution in [0.2, 0.25) is 0 Å². The molecule has 2 aromatic heterocycles. The average Bonchev–Trinajstić information content (AvgIpc) is 3.17. The van der Waals surface area contributed by atoms with E-state index in [-0.39, 0.29) is 11.8 Å². The molecule has 1 aliphatic heterocycles. The number of nitrogens with zero attached hydrogens (tertiary/aromatic N) is 2. The van der Waals surface area contributed by atoms with E-state index >= 15 is 0 Å². The van der Waals surface area contributed by atoms with Gasteiger partial charge in [0.2, 0.25) is 0 Å². The zero-order valence-corrected chi connectivity index (χ0v) is 12.0. The number of H-pyrrole nitrogens is 1. The van der Waals surface area contributed by atoms with Crippen LogP contribution in [0.5, 0.6) is 0 Å². The summed E-state index contributed by atoms with van der Waals surface area (Å²) in [6, 6.07) is 0. The number of ether oxygens (including phenoxy) is 1. The topological polar surface area (TPSA) is 79.9 Å². The number of nitrogens with one attached hydrogen (secondary N) is 2. The molecule has 1 aliphatic rings. The largest absolute Gasteiger partial charge is 0.381 e. The first-order valence-electron chi connectivity index (χ1n) is 6.54. The summed E-state index contributed by atoms with van der Waals surface area (Å²) in [5.41, 5.74) is 4.24. The first-order chi connectivity index (χ1) is 9.75. The fourth-order valence-electron chi connectivity index (χ4n) is 2.30. The molecule has 106 valence electrons. The molecule has 1 fully saturated rings. The fraction of sp³-hybridized carbons (Fsp3) is 0.462. The zero-order chi connectivity index (χ0) is 13.9. The molecule has 1 atom stereocenters. The molecular formula is C13H16N4O2S. The van der Waals surface area contributed by atoms with Gasteiger partial charge in [0.05, 0.1) is 41.8 Å². The number of carbonyl (C=O) groups excluding carboxylic acids is 1. The van der Waals surface area contributed by atoms with E-state index in [9.17, 15) is 4.79 Å². The van der Waals surface area contributed by atoms with Crippen LogP contribution in [0.15, 0.2) is 11.7 Å². The molecule has 20 heavy (non-hydrogen) atoms. The van der Waals surface area contributed by atoms with Gasteiger partial charge in [-0.2, -0.15) is 5.10 Å². The summed E-state index contributed by atoms with van der Waals surface area (Å²) in [6.07, 6.45) is 2.51. The Morgan fingerprint density at radius 3 is 3.25 bits per heavy atom. The van der Waals surface area contributed by atoms with Crippen molar-refractivity contribution >= 4 is 17.2 Å². The second-order valence-corrected chi connectivity index (χ2v) is 5.74. The summed E-state index contributed by atoms with van der Waals surface area (Å²) in [5, 5.41) is 9.85. The van der Waals surface area contributed by atoms with Crippen molar-refractivity contribution in [3.8, 4) is 0 Å². The highest BCUT2D eigenvalue weighted by Crippen LogP contribution is 2.26. The van der Waals surface area contributed by atoms with Gasteiger partial charge in [-0.15, -0.1) is 11.3 Å². The number of carbonyl (C=O) groups is 1. The quantitative estimate of drug-likeness (QED) is 0.897. The molecule has 0 spiro atoms. The van der Waals surface area contributed by atoms with E-state index in [2.05, 4.69) is 20.5 Å². The maximum atomic E-state index is 12.3. The lowest BCUT2D eigenvalue weighted by Gasteiger charge is -2.08. The van der Waals surface area contributed by atoms with Crippen molar-refractivity contribution in [3.63, 3.8) is 0 Å². The van der Waals surface area contributed by atoms with Crippen LogP contribution in [0.4, 0.5) is 0 Å². The van der Waals surface area contributed by atoms with Crippen LogP contribution in [0.25, 0.3) is 0 Å². The molecule has 6 nitrogen and oxygen atoms in total. The lowest BCUT2D eigenvalue weighted by atomic mass is 10.0. The van der Waals surface area contributed by atoms with E-state index in [1.807, 2.05) is 6.92 Å². The number of hydrogen-bond acceptors (Lipinski definition) is 5. The van der Waals surface area contributed by atoms with Crippen LogP contribution in [0.1, 0.15) is 39.0 Å². The minimum absolute atomic E-state index is 0.103. The number of aromatic amines is 1. The molecule has 1 saturated heterocycles. The highest BCUT2D eigenvalue weighted by molar-refractivity contribution is 7.09. The minimum atomic E-state index is -0.103. The van der Waals surface area contributed by atoms with Crippen LogP contribution < -0.4 is 5.32 Å². The van der Waals surface area contributed by atoms with Gasteiger partial charge in [0.25, 0.3) is 5.91 Å². The SMILES string of the molecule is Cc1ncsc1CNC(=O)c1cn[nH]c1C1CCOC1. The molecule has 2 aromatic rings. The van der Waals surface area contributed by atoms with E-state index in [0.717, 1.165) is 29.3 Å². The Kier molecular flexibility index (Phi) is 3.79. The van der Waals surface area contributed by atoms with Crippen LogP contribution in [0, 0.1) is 6.92 Å². The molecule has 0 saturated carbocycles. The molecule has 1 amide bonds. The molecule has 0 aliphatic carbocycles. The van der Waals surface area contributed by atoms with Crippen LogP contribution >= 0.6 is 11.3 Å². The van der Waals surface area contributed by atoms with E-state index in [0.29, 0.717) is 18.7 Å². The summed E-state index contributed by atoms with van der Waals surface area (Å²) in [6.45, 7) is 3.83. The summed E-state index contributed by atoms with van der Waals surface area (Å²) < 4.78 is 5.36. The molecule has 3 heterocycles. The predicted octanol–water partition coefficient (Wildman–Crippen LogP) is 1.61. The highest BCUT2D eigenvalue weighted by atomic mass is 32.1. The Labute approximate surface area is 120 Å². The van der Waals surface area contributed by atoms with E-state index < -0.39 is 0 Å². The Morgan fingerprint density at radius 2 is 2.55 bits per heavy atom. The molecule has 7 heteroatoms. The Hall–Kier alpha value is -1.73. The third-order valence-electron chi connectivity index (χ3n) is 3.51. The normalized spacial score (nSPS) is 18.4. The fourth-order valence-corrected chi connectivity index (χ4v) is 3.02. The van der Waals surface area contributed by atoms with Crippen molar-refractivity contribution in [1.29, 1.82) is 0 Å². The molecule has 1 unspecified atom stereocenters. The van der Waals surface area contributed by atoms with Crippen molar-refractivity contribution in [3.05, 3.63) is 33.5 Å². The molecule has 3 rings (SSSR count). The van der Waals surface area contributed by atoms with Crippen molar-refractivity contribution in [2.24, 2.45) is 0 Å². The number of aryl methyl sites for hydroxylation is 1. The molecular weight excluding hydrogens is 276 g/mol. The highest BCUT2D eigenvalue weighted by Gasteiger charge is 2.25. The van der Waals surface area contributed by atoms with Crippen molar-refractivity contribution in [2.45, 2.75) is 25.8 Å². The third-order valence-corrected chi connectivity index (χ3v) is 4.44. The average molecular weight is 292 g/mol. The maximum absolute atomic E-state index is 12.3. The van der Waals surface area contributed by atoms with E-state index in [4.69, 9.17) is 4.74 Å². The van der Waals surface area contributed by atoms with E-state index in [1.54, 1.807) is 23.0 Å². The van der Waals surface area contributed by atoms with Gasteiger partial charge in [0.15, 0.2) is 0 Å². The van der Waals surface area contributed by atoms with Crippen molar-refractivity contribution in [1.82, 2.24) is 20.5 Å². The monoisotopic (exact) mass is 292 g/mol. The number of amides is 1. The van der Waals surface area contributed by atoms with Crippen LogP contribution in [-0.2, 0) is 11.3 Å². The van der Waals surface area contributed by atoms with Gasteiger partial charge in [-0.3, -0.25) is 9.89 Å². The van der Waals surface area contributed by atoms with Gasteiger partial charge in [-0.1, -0.05) is 0 Å². The maximum Gasteiger partial charge on any atom is 0.255 e. The van der Waals surface area contributed by atoms with Gasteiger partial charge < -0.3 is 10.1 Å². The number of rotatable bonds is 4. The minimum Gasteiger partial charge on any atom is -0.381 e. The molecule has 2 N–H and O–H groups in total. The van der Waals surface area contributed by atoms with Crippen LogP contribution in [0.3, 0.4) is 0 Å². The smallest absolute Gasteiger partial charge is 0.255 e. The van der Waals surface area contributed by atoms with Gasteiger partial charge >= 0.3 is 0 Å². The van der Waals surface area contributed by atoms with E-state index in [1.165, 1.54) is 0 Å². The van der Waals surface area contributed by atoms with Gasteiger partial charge in [-0.05, 0) is 13.3 Å². The van der Waals surface area contributed by atoms with Gasteiger partial charge in [0.1, 0.15) is 0 Å². The second kappa shape index (κ2) is 5.72. The molecule has 0 radical (unpaired) electrons.